The molecule has 0 amide bonds. The molecule has 1 nitrogen and oxygen atoms in total. The summed E-state index contributed by atoms with van der Waals surface area (Å²) in [5, 5.41) is 6.27. The Labute approximate surface area is 96.3 Å². The smallest absolute Gasteiger partial charge is 0.0103 e. The maximum absolute atomic E-state index is 3.42. The molecule has 1 saturated heterocycles. The van der Waals surface area contributed by atoms with E-state index in [4.69, 9.17) is 0 Å². The molecule has 1 aliphatic carbocycles. The summed E-state index contributed by atoms with van der Waals surface area (Å²) < 4.78 is 0. The average Bonchev–Trinajstić information content (AvgIpc) is 2.56. The fourth-order valence-corrected chi connectivity index (χ4v) is 2.62. The van der Waals surface area contributed by atoms with Crippen LogP contribution in [-0.2, 0) is 0 Å². The number of hydrogen-bond donors (Lipinski definition) is 1. The fourth-order valence-electron chi connectivity index (χ4n) is 2.62. The number of benzene rings is 1. The molecular formula is C13H16ClN. The molecule has 2 heteroatoms. The van der Waals surface area contributed by atoms with Crippen LogP contribution in [0.5, 0.6) is 0 Å². The summed E-state index contributed by atoms with van der Waals surface area (Å²) in [5.74, 6) is 0. The van der Waals surface area contributed by atoms with Gasteiger partial charge >= 0.3 is 0 Å². The van der Waals surface area contributed by atoms with Crippen LogP contribution >= 0.6 is 12.4 Å². The first-order valence-corrected chi connectivity index (χ1v) is 5.40. The Morgan fingerprint density at radius 1 is 0.933 bits per heavy atom. The predicted molar refractivity (Wildman–Crippen MR) is 66.4 cm³/mol. The number of fused-ring (bicyclic) bond motifs is 1. The van der Waals surface area contributed by atoms with Gasteiger partial charge in [0, 0.05) is 5.41 Å². The van der Waals surface area contributed by atoms with E-state index in [0.29, 0.717) is 5.41 Å². The van der Waals surface area contributed by atoms with E-state index in [1.165, 1.54) is 23.3 Å². The monoisotopic (exact) mass is 221 g/mol. The van der Waals surface area contributed by atoms with Crippen LogP contribution in [0.1, 0.15) is 12.8 Å². The molecule has 0 aromatic heterocycles. The molecule has 15 heavy (non-hydrogen) atoms. The quantitative estimate of drug-likeness (QED) is 0.691. The van der Waals surface area contributed by atoms with Gasteiger partial charge in [0.15, 0.2) is 0 Å². The van der Waals surface area contributed by atoms with Crippen LogP contribution in [-0.4, -0.2) is 13.1 Å². The molecule has 3 rings (SSSR count). The summed E-state index contributed by atoms with van der Waals surface area (Å²) in [6, 6.07) is 8.71. The Bertz CT molecular complexity index is 421. The predicted octanol–water partition coefficient (Wildman–Crippen LogP) is 1.05. The summed E-state index contributed by atoms with van der Waals surface area (Å²) >= 11 is 0. The van der Waals surface area contributed by atoms with Crippen molar-refractivity contribution in [2.45, 2.75) is 12.8 Å². The number of halogens is 1. The van der Waals surface area contributed by atoms with E-state index in [1.54, 1.807) is 0 Å². The summed E-state index contributed by atoms with van der Waals surface area (Å²) in [4.78, 5) is 0. The topological polar surface area (TPSA) is 12.0 Å². The lowest BCUT2D eigenvalue weighted by atomic mass is 9.80. The first-order chi connectivity index (χ1) is 6.88. The summed E-state index contributed by atoms with van der Waals surface area (Å²) in [5.41, 5.74) is 0.370. The standard InChI is InChI=1S/C13H15N.ClH/c1-2-4-12-10-13(9-11(12)3-1)5-7-14-8-6-13;/h1-4,9-10,14H,5-8H2;1H. The Hall–Kier alpha value is -0.790. The largest absolute Gasteiger partial charge is 0.317 e. The first kappa shape index (κ1) is 10.7. The molecule has 1 N–H and O–H groups in total. The minimum Gasteiger partial charge on any atom is -0.317 e. The summed E-state index contributed by atoms with van der Waals surface area (Å²) in [6.45, 7) is 2.31. The first-order valence-electron chi connectivity index (χ1n) is 5.40. The SMILES string of the molecule is C1=c2ccccc2=CC12CCNCC2.Cl. The maximum Gasteiger partial charge on any atom is 0.0103 e. The van der Waals surface area contributed by atoms with Gasteiger partial charge in [0.05, 0.1) is 0 Å². The van der Waals surface area contributed by atoms with Crippen molar-refractivity contribution in [1.82, 2.24) is 5.32 Å². The number of hydrogen-bond acceptors (Lipinski definition) is 1. The highest BCUT2D eigenvalue weighted by Crippen LogP contribution is 2.33. The molecule has 1 spiro atoms. The second-order valence-electron chi connectivity index (χ2n) is 4.40. The highest BCUT2D eigenvalue weighted by molar-refractivity contribution is 5.85. The van der Waals surface area contributed by atoms with Crippen molar-refractivity contribution in [2.24, 2.45) is 5.41 Å². The molecule has 1 heterocycles. The van der Waals surface area contributed by atoms with E-state index in [-0.39, 0.29) is 12.4 Å². The maximum atomic E-state index is 3.42. The summed E-state index contributed by atoms with van der Waals surface area (Å²) in [6.07, 6.45) is 7.43. The molecule has 1 fully saturated rings. The zero-order chi connectivity index (χ0) is 9.43. The van der Waals surface area contributed by atoms with Gasteiger partial charge in [-0.15, -0.1) is 12.4 Å². The Morgan fingerprint density at radius 2 is 1.47 bits per heavy atom. The van der Waals surface area contributed by atoms with Crippen LogP contribution in [0.15, 0.2) is 24.3 Å². The van der Waals surface area contributed by atoms with Gasteiger partial charge in [-0.25, -0.2) is 0 Å². The molecule has 0 radical (unpaired) electrons. The van der Waals surface area contributed by atoms with E-state index < -0.39 is 0 Å². The zero-order valence-corrected chi connectivity index (χ0v) is 9.52. The molecule has 2 aliphatic rings. The minimum absolute atomic E-state index is 0. The van der Waals surface area contributed by atoms with E-state index in [1.807, 2.05) is 0 Å². The van der Waals surface area contributed by atoms with E-state index in [2.05, 4.69) is 41.7 Å². The second kappa shape index (κ2) is 3.99. The van der Waals surface area contributed by atoms with Gasteiger partial charge in [-0.2, -0.15) is 0 Å². The van der Waals surface area contributed by atoms with Gasteiger partial charge in [0.25, 0.3) is 0 Å². The molecule has 1 aromatic rings. The van der Waals surface area contributed by atoms with Gasteiger partial charge in [-0.05, 0) is 36.4 Å². The van der Waals surface area contributed by atoms with Gasteiger partial charge in [-0.1, -0.05) is 36.4 Å². The lowest BCUT2D eigenvalue weighted by Crippen LogP contribution is -2.33. The van der Waals surface area contributed by atoms with Crippen molar-refractivity contribution in [3.8, 4) is 0 Å². The van der Waals surface area contributed by atoms with Crippen molar-refractivity contribution in [2.75, 3.05) is 13.1 Å². The summed E-state index contributed by atoms with van der Waals surface area (Å²) in [7, 11) is 0. The van der Waals surface area contributed by atoms with Crippen molar-refractivity contribution < 1.29 is 0 Å². The van der Waals surface area contributed by atoms with Crippen LogP contribution in [0.4, 0.5) is 0 Å². The third-order valence-electron chi connectivity index (χ3n) is 3.42. The number of nitrogens with one attached hydrogen (secondary N) is 1. The average molecular weight is 222 g/mol. The fraction of sp³-hybridized carbons (Fsp3) is 0.385. The Morgan fingerprint density at radius 3 is 2.00 bits per heavy atom. The zero-order valence-electron chi connectivity index (χ0n) is 8.70. The third kappa shape index (κ3) is 1.82. The second-order valence-corrected chi connectivity index (χ2v) is 4.40. The van der Waals surface area contributed by atoms with Gasteiger partial charge in [0.1, 0.15) is 0 Å². The molecule has 0 bridgehead atoms. The molecule has 1 aliphatic heterocycles. The van der Waals surface area contributed by atoms with Crippen molar-refractivity contribution in [3.05, 3.63) is 34.7 Å². The Kier molecular flexibility index (Phi) is 2.85. The van der Waals surface area contributed by atoms with Crippen LogP contribution in [0.3, 0.4) is 0 Å². The number of piperidine rings is 1. The van der Waals surface area contributed by atoms with E-state index in [0.717, 1.165) is 13.1 Å². The number of rotatable bonds is 0. The van der Waals surface area contributed by atoms with Gasteiger partial charge in [0.2, 0.25) is 0 Å². The van der Waals surface area contributed by atoms with Crippen LogP contribution in [0, 0.1) is 5.41 Å². The molecule has 0 atom stereocenters. The molecule has 80 valence electrons. The normalized spacial score (nSPS) is 21.1. The lowest BCUT2D eigenvalue weighted by molar-refractivity contribution is 0.386. The van der Waals surface area contributed by atoms with Crippen LogP contribution in [0.25, 0.3) is 12.2 Å². The molecule has 0 unspecified atom stereocenters. The van der Waals surface area contributed by atoms with Gasteiger partial charge < -0.3 is 5.32 Å². The molecular weight excluding hydrogens is 206 g/mol. The molecule has 0 saturated carbocycles. The highest BCUT2D eigenvalue weighted by Gasteiger charge is 2.28. The van der Waals surface area contributed by atoms with Crippen LogP contribution < -0.4 is 15.8 Å². The third-order valence-corrected chi connectivity index (χ3v) is 3.42. The minimum atomic E-state index is 0. The van der Waals surface area contributed by atoms with E-state index in [9.17, 15) is 0 Å². The van der Waals surface area contributed by atoms with Crippen molar-refractivity contribution >= 4 is 24.6 Å². The van der Waals surface area contributed by atoms with Crippen LogP contribution in [0.2, 0.25) is 0 Å². The van der Waals surface area contributed by atoms with Crippen molar-refractivity contribution in [1.29, 1.82) is 0 Å². The molecule has 1 aromatic carbocycles. The lowest BCUT2D eigenvalue weighted by Gasteiger charge is -2.30. The van der Waals surface area contributed by atoms with Gasteiger partial charge in [-0.3, -0.25) is 0 Å². The van der Waals surface area contributed by atoms with Crippen molar-refractivity contribution in [3.63, 3.8) is 0 Å². The van der Waals surface area contributed by atoms with E-state index >= 15 is 0 Å². The Balaban J connectivity index is 0.000000853. The highest BCUT2D eigenvalue weighted by atomic mass is 35.5.